The highest BCUT2D eigenvalue weighted by Crippen LogP contribution is 2.34. The van der Waals surface area contributed by atoms with E-state index in [0.717, 1.165) is 13.1 Å². The summed E-state index contributed by atoms with van der Waals surface area (Å²) in [5.41, 5.74) is 0.388. The van der Waals surface area contributed by atoms with Gasteiger partial charge in [0.2, 0.25) is 5.91 Å². The molecule has 1 heterocycles. The highest BCUT2D eigenvalue weighted by molar-refractivity contribution is 5.75. The van der Waals surface area contributed by atoms with E-state index in [-0.39, 0.29) is 0 Å². The van der Waals surface area contributed by atoms with Gasteiger partial charge in [-0.3, -0.25) is 4.79 Å². The van der Waals surface area contributed by atoms with Gasteiger partial charge in [-0.2, -0.15) is 0 Å². The minimum Gasteiger partial charge on any atom is -0.342 e. The van der Waals surface area contributed by atoms with Crippen LogP contribution in [0.5, 0.6) is 0 Å². The number of piperidine rings is 1. The Hall–Kier alpha value is -0.530. The standard InChI is InChI=1S/C13H25NO/c1-4-6-8-13(3)9-7-10-14(11-13)12(15)5-2/h4-11H2,1-3H3. The molecule has 1 unspecified atom stereocenters. The molecular formula is C13H25NO. The summed E-state index contributed by atoms with van der Waals surface area (Å²) in [7, 11) is 0. The van der Waals surface area contributed by atoms with Gasteiger partial charge in [-0.05, 0) is 24.7 Å². The second-order valence-corrected chi connectivity index (χ2v) is 5.19. The number of amides is 1. The van der Waals surface area contributed by atoms with Crippen LogP contribution in [0.15, 0.2) is 0 Å². The van der Waals surface area contributed by atoms with E-state index in [4.69, 9.17) is 0 Å². The van der Waals surface area contributed by atoms with E-state index < -0.39 is 0 Å². The zero-order valence-corrected chi connectivity index (χ0v) is 10.5. The molecule has 2 heteroatoms. The van der Waals surface area contributed by atoms with Crippen LogP contribution in [0.4, 0.5) is 0 Å². The van der Waals surface area contributed by atoms with Crippen molar-refractivity contribution in [3.8, 4) is 0 Å². The SMILES string of the molecule is CCCCC1(C)CCCN(C(=O)CC)C1. The summed E-state index contributed by atoms with van der Waals surface area (Å²) in [5, 5.41) is 0. The van der Waals surface area contributed by atoms with Crippen molar-refractivity contribution in [3.05, 3.63) is 0 Å². The molecule has 1 rings (SSSR count). The Morgan fingerprint density at radius 2 is 2.13 bits per heavy atom. The van der Waals surface area contributed by atoms with E-state index in [1.165, 1.54) is 32.1 Å². The zero-order chi connectivity index (χ0) is 11.3. The maximum atomic E-state index is 11.7. The molecule has 0 bridgehead atoms. The molecule has 1 amide bonds. The van der Waals surface area contributed by atoms with Crippen molar-refractivity contribution < 1.29 is 4.79 Å². The molecule has 1 aliphatic rings. The molecule has 1 aliphatic heterocycles. The predicted molar refractivity (Wildman–Crippen MR) is 63.7 cm³/mol. The fourth-order valence-electron chi connectivity index (χ4n) is 2.56. The molecule has 88 valence electrons. The van der Waals surface area contributed by atoms with Crippen molar-refractivity contribution in [3.63, 3.8) is 0 Å². The number of hydrogen-bond donors (Lipinski definition) is 0. The number of carbonyl (C=O) groups excluding carboxylic acids is 1. The summed E-state index contributed by atoms with van der Waals surface area (Å²) in [4.78, 5) is 13.7. The van der Waals surface area contributed by atoms with Crippen LogP contribution in [-0.4, -0.2) is 23.9 Å². The Bertz CT molecular complexity index is 215. The minimum atomic E-state index is 0.331. The first-order valence-electron chi connectivity index (χ1n) is 6.39. The quantitative estimate of drug-likeness (QED) is 0.699. The van der Waals surface area contributed by atoms with Gasteiger partial charge in [-0.1, -0.05) is 33.6 Å². The molecule has 15 heavy (non-hydrogen) atoms. The molecule has 1 saturated heterocycles. The van der Waals surface area contributed by atoms with Gasteiger partial charge >= 0.3 is 0 Å². The van der Waals surface area contributed by atoms with Gasteiger partial charge in [-0.15, -0.1) is 0 Å². The molecule has 0 aromatic heterocycles. The molecule has 2 nitrogen and oxygen atoms in total. The van der Waals surface area contributed by atoms with Gasteiger partial charge in [0.1, 0.15) is 0 Å². The average molecular weight is 211 g/mol. The monoisotopic (exact) mass is 211 g/mol. The van der Waals surface area contributed by atoms with Crippen molar-refractivity contribution in [1.29, 1.82) is 0 Å². The van der Waals surface area contributed by atoms with E-state index in [1.807, 2.05) is 6.92 Å². The Kier molecular flexibility index (Phi) is 4.62. The lowest BCUT2D eigenvalue weighted by Crippen LogP contribution is -2.44. The number of nitrogens with zero attached hydrogens (tertiary/aromatic N) is 1. The average Bonchev–Trinajstić information content (AvgIpc) is 2.25. The van der Waals surface area contributed by atoms with Gasteiger partial charge in [0.25, 0.3) is 0 Å². The molecule has 0 saturated carbocycles. The summed E-state index contributed by atoms with van der Waals surface area (Å²) < 4.78 is 0. The molecule has 1 fully saturated rings. The topological polar surface area (TPSA) is 20.3 Å². The largest absolute Gasteiger partial charge is 0.342 e. The van der Waals surface area contributed by atoms with E-state index in [2.05, 4.69) is 18.7 Å². The summed E-state index contributed by atoms with van der Waals surface area (Å²) >= 11 is 0. The van der Waals surface area contributed by atoms with E-state index in [0.29, 0.717) is 17.7 Å². The minimum absolute atomic E-state index is 0.331. The summed E-state index contributed by atoms with van der Waals surface area (Å²) in [5.74, 6) is 0.331. The summed E-state index contributed by atoms with van der Waals surface area (Å²) in [6.45, 7) is 8.51. The fraction of sp³-hybridized carbons (Fsp3) is 0.923. The Labute approximate surface area is 94.0 Å². The lowest BCUT2D eigenvalue weighted by Gasteiger charge is -2.40. The van der Waals surface area contributed by atoms with Crippen LogP contribution < -0.4 is 0 Å². The number of rotatable bonds is 4. The third-order valence-corrected chi connectivity index (χ3v) is 3.57. The lowest BCUT2D eigenvalue weighted by molar-refractivity contribution is -0.134. The van der Waals surface area contributed by atoms with Crippen molar-refractivity contribution in [2.45, 2.75) is 59.3 Å². The van der Waals surface area contributed by atoms with Crippen LogP contribution in [0.3, 0.4) is 0 Å². The van der Waals surface area contributed by atoms with Crippen LogP contribution in [0.25, 0.3) is 0 Å². The molecule has 0 aliphatic carbocycles. The van der Waals surface area contributed by atoms with Gasteiger partial charge < -0.3 is 4.90 Å². The Balaban J connectivity index is 2.50. The molecule has 0 radical (unpaired) electrons. The van der Waals surface area contributed by atoms with Gasteiger partial charge in [0.05, 0.1) is 0 Å². The number of carbonyl (C=O) groups is 1. The van der Waals surface area contributed by atoms with Gasteiger partial charge in [0, 0.05) is 19.5 Å². The highest BCUT2D eigenvalue weighted by Gasteiger charge is 2.31. The first kappa shape index (κ1) is 12.5. The van der Waals surface area contributed by atoms with Crippen molar-refractivity contribution in [1.82, 2.24) is 4.90 Å². The molecule has 0 aromatic rings. The van der Waals surface area contributed by atoms with Gasteiger partial charge in [0.15, 0.2) is 0 Å². The first-order chi connectivity index (χ1) is 7.11. The number of likely N-dealkylation sites (tertiary alicyclic amines) is 1. The van der Waals surface area contributed by atoms with Crippen LogP contribution >= 0.6 is 0 Å². The van der Waals surface area contributed by atoms with Crippen LogP contribution in [-0.2, 0) is 4.79 Å². The smallest absolute Gasteiger partial charge is 0.222 e. The molecule has 0 N–H and O–H groups in total. The Morgan fingerprint density at radius 1 is 1.40 bits per heavy atom. The normalized spacial score (nSPS) is 26.7. The van der Waals surface area contributed by atoms with Crippen LogP contribution in [0.2, 0.25) is 0 Å². The van der Waals surface area contributed by atoms with Crippen LogP contribution in [0.1, 0.15) is 59.3 Å². The number of unbranched alkanes of at least 4 members (excludes halogenated alkanes) is 1. The maximum absolute atomic E-state index is 11.7. The molecule has 0 aromatic carbocycles. The summed E-state index contributed by atoms with van der Waals surface area (Å²) in [6.07, 6.45) is 6.97. The summed E-state index contributed by atoms with van der Waals surface area (Å²) in [6, 6.07) is 0. The third-order valence-electron chi connectivity index (χ3n) is 3.57. The van der Waals surface area contributed by atoms with Crippen molar-refractivity contribution in [2.24, 2.45) is 5.41 Å². The second-order valence-electron chi connectivity index (χ2n) is 5.19. The second kappa shape index (κ2) is 5.53. The fourth-order valence-corrected chi connectivity index (χ4v) is 2.56. The van der Waals surface area contributed by atoms with E-state index in [1.54, 1.807) is 0 Å². The predicted octanol–water partition coefficient (Wildman–Crippen LogP) is 3.22. The van der Waals surface area contributed by atoms with Crippen molar-refractivity contribution >= 4 is 5.91 Å². The maximum Gasteiger partial charge on any atom is 0.222 e. The first-order valence-corrected chi connectivity index (χ1v) is 6.39. The third kappa shape index (κ3) is 3.51. The van der Waals surface area contributed by atoms with E-state index in [9.17, 15) is 4.79 Å². The van der Waals surface area contributed by atoms with E-state index >= 15 is 0 Å². The van der Waals surface area contributed by atoms with Crippen molar-refractivity contribution in [2.75, 3.05) is 13.1 Å². The molecule has 1 atom stereocenters. The zero-order valence-electron chi connectivity index (χ0n) is 10.5. The molecular weight excluding hydrogens is 186 g/mol. The van der Waals surface area contributed by atoms with Crippen LogP contribution in [0, 0.1) is 5.41 Å². The van der Waals surface area contributed by atoms with Gasteiger partial charge in [-0.25, -0.2) is 0 Å². The highest BCUT2D eigenvalue weighted by atomic mass is 16.2. The lowest BCUT2D eigenvalue weighted by atomic mass is 9.78. The number of hydrogen-bond acceptors (Lipinski definition) is 1. The molecule has 0 spiro atoms. The Morgan fingerprint density at radius 3 is 2.73 bits per heavy atom.